The van der Waals surface area contributed by atoms with E-state index in [2.05, 4.69) is 15.3 Å². The van der Waals surface area contributed by atoms with Gasteiger partial charge in [0.2, 0.25) is 5.43 Å². The zero-order valence-corrected chi connectivity index (χ0v) is 9.22. The van der Waals surface area contributed by atoms with Gasteiger partial charge in [0.05, 0.1) is 17.2 Å². The summed E-state index contributed by atoms with van der Waals surface area (Å²) >= 11 is 0. The average Bonchev–Trinajstić information content (AvgIpc) is 2.91. The van der Waals surface area contributed by atoms with E-state index in [1.165, 1.54) is 29.8 Å². The fourth-order valence-corrected chi connectivity index (χ4v) is 1.57. The smallest absolute Gasteiger partial charge is 0.201 e. The van der Waals surface area contributed by atoms with Gasteiger partial charge < -0.3 is 4.42 Å². The van der Waals surface area contributed by atoms with Gasteiger partial charge in [-0.05, 0) is 12.1 Å². The Morgan fingerprint density at radius 2 is 2.00 bits per heavy atom. The molecule has 88 valence electrons. The molecule has 2 heterocycles. The van der Waals surface area contributed by atoms with Crippen LogP contribution in [0.25, 0.3) is 11.0 Å². The number of nitrogens with zero attached hydrogens (tertiary/aromatic N) is 4. The lowest BCUT2D eigenvalue weighted by atomic mass is 10.2. The molecule has 1 aromatic carbocycles. The third-order valence-electron chi connectivity index (χ3n) is 2.44. The third-order valence-corrected chi connectivity index (χ3v) is 2.44. The molecule has 2 aromatic heterocycles. The maximum Gasteiger partial charge on any atom is 0.201 e. The van der Waals surface area contributed by atoms with E-state index >= 15 is 0 Å². The van der Waals surface area contributed by atoms with Crippen LogP contribution in [0.4, 0.5) is 0 Å². The van der Waals surface area contributed by atoms with Gasteiger partial charge in [-0.3, -0.25) is 4.79 Å². The SMILES string of the molecule is O=c1c(C=Nn2cnnc2)coc2ccccc12. The van der Waals surface area contributed by atoms with Crippen LogP contribution >= 0.6 is 0 Å². The summed E-state index contributed by atoms with van der Waals surface area (Å²) in [6.45, 7) is 0. The van der Waals surface area contributed by atoms with Gasteiger partial charge in [-0.1, -0.05) is 12.1 Å². The fourth-order valence-electron chi connectivity index (χ4n) is 1.57. The quantitative estimate of drug-likeness (QED) is 0.632. The van der Waals surface area contributed by atoms with Crippen molar-refractivity contribution in [3.8, 4) is 0 Å². The Bertz CT molecular complexity index is 759. The molecule has 0 aliphatic carbocycles. The van der Waals surface area contributed by atoms with E-state index in [0.717, 1.165) is 0 Å². The molecule has 0 saturated heterocycles. The molecule has 0 unspecified atom stereocenters. The second-order valence-electron chi connectivity index (χ2n) is 3.60. The van der Waals surface area contributed by atoms with E-state index in [9.17, 15) is 4.79 Å². The molecule has 6 nitrogen and oxygen atoms in total. The monoisotopic (exact) mass is 240 g/mol. The molecular formula is C12H8N4O2. The van der Waals surface area contributed by atoms with Crippen molar-refractivity contribution >= 4 is 17.2 Å². The average molecular weight is 240 g/mol. The predicted molar refractivity (Wildman–Crippen MR) is 65.5 cm³/mol. The molecule has 0 amide bonds. The van der Waals surface area contributed by atoms with Crippen LogP contribution < -0.4 is 5.43 Å². The molecule has 18 heavy (non-hydrogen) atoms. The first-order chi connectivity index (χ1) is 8.84. The first-order valence-corrected chi connectivity index (χ1v) is 5.24. The summed E-state index contributed by atoms with van der Waals surface area (Å²) in [5.41, 5.74) is 0.819. The van der Waals surface area contributed by atoms with Gasteiger partial charge in [-0.15, -0.1) is 10.2 Å². The van der Waals surface area contributed by atoms with Gasteiger partial charge in [-0.25, -0.2) is 4.68 Å². The van der Waals surface area contributed by atoms with E-state index in [1.807, 2.05) is 6.07 Å². The van der Waals surface area contributed by atoms with Crippen molar-refractivity contribution in [3.05, 3.63) is 59.0 Å². The molecule has 0 saturated carbocycles. The number of hydrogen-bond acceptors (Lipinski definition) is 5. The normalized spacial score (nSPS) is 11.3. The summed E-state index contributed by atoms with van der Waals surface area (Å²) in [6.07, 6.45) is 5.67. The number of rotatable bonds is 2. The Hall–Kier alpha value is -2.76. The fraction of sp³-hybridized carbons (Fsp3) is 0. The minimum atomic E-state index is -0.117. The first-order valence-electron chi connectivity index (χ1n) is 5.24. The Labute approximate surface area is 101 Å². The van der Waals surface area contributed by atoms with Gasteiger partial charge in [0, 0.05) is 0 Å². The number of fused-ring (bicyclic) bond motifs is 1. The second-order valence-corrected chi connectivity index (χ2v) is 3.60. The van der Waals surface area contributed by atoms with Gasteiger partial charge in [0.15, 0.2) is 0 Å². The van der Waals surface area contributed by atoms with Crippen molar-refractivity contribution in [1.82, 2.24) is 14.9 Å². The Kier molecular flexibility index (Phi) is 2.45. The van der Waals surface area contributed by atoms with Crippen molar-refractivity contribution in [2.75, 3.05) is 0 Å². The van der Waals surface area contributed by atoms with Crippen molar-refractivity contribution in [2.45, 2.75) is 0 Å². The van der Waals surface area contributed by atoms with Gasteiger partial charge in [-0.2, -0.15) is 5.10 Å². The summed E-state index contributed by atoms with van der Waals surface area (Å²) in [5.74, 6) is 0. The summed E-state index contributed by atoms with van der Waals surface area (Å²) < 4.78 is 6.76. The lowest BCUT2D eigenvalue weighted by molar-refractivity contribution is 0.601. The third kappa shape index (κ3) is 1.80. The van der Waals surface area contributed by atoms with Gasteiger partial charge in [0.25, 0.3) is 0 Å². The molecule has 3 rings (SSSR count). The topological polar surface area (TPSA) is 73.3 Å². The Balaban J connectivity index is 2.08. The summed E-state index contributed by atoms with van der Waals surface area (Å²) in [7, 11) is 0. The molecule has 0 aliphatic rings. The van der Waals surface area contributed by atoms with Crippen LogP contribution in [0.3, 0.4) is 0 Å². The summed E-state index contributed by atoms with van der Waals surface area (Å²) in [4.78, 5) is 12.1. The van der Waals surface area contributed by atoms with Crippen LogP contribution in [0.2, 0.25) is 0 Å². The summed E-state index contributed by atoms with van der Waals surface area (Å²) in [5, 5.41) is 11.8. The minimum Gasteiger partial charge on any atom is -0.463 e. The summed E-state index contributed by atoms with van der Waals surface area (Å²) in [6, 6.07) is 7.07. The maximum atomic E-state index is 12.1. The van der Waals surface area contributed by atoms with E-state index < -0.39 is 0 Å². The minimum absolute atomic E-state index is 0.117. The van der Waals surface area contributed by atoms with E-state index in [-0.39, 0.29) is 5.43 Å². The lowest BCUT2D eigenvalue weighted by Crippen LogP contribution is -2.08. The highest BCUT2D eigenvalue weighted by Gasteiger charge is 2.03. The Morgan fingerprint density at radius 1 is 1.22 bits per heavy atom. The van der Waals surface area contributed by atoms with Crippen molar-refractivity contribution in [2.24, 2.45) is 5.10 Å². The highest BCUT2D eigenvalue weighted by atomic mass is 16.3. The zero-order valence-electron chi connectivity index (χ0n) is 9.22. The molecule has 0 atom stereocenters. The van der Waals surface area contributed by atoms with Gasteiger partial charge in [0.1, 0.15) is 24.5 Å². The lowest BCUT2D eigenvalue weighted by Gasteiger charge is -1.97. The number of benzene rings is 1. The number of para-hydroxylation sites is 1. The Morgan fingerprint density at radius 3 is 2.83 bits per heavy atom. The van der Waals surface area contributed by atoms with Crippen molar-refractivity contribution in [3.63, 3.8) is 0 Å². The molecule has 0 aliphatic heterocycles. The first kappa shape index (κ1) is 10.4. The van der Waals surface area contributed by atoms with Crippen LogP contribution in [0.15, 0.2) is 57.5 Å². The van der Waals surface area contributed by atoms with Crippen LogP contribution in [0.1, 0.15) is 5.56 Å². The number of hydrogen-bond donors (Lipinski definition) is 0. The molecule has 0 fully saturated rings. The molecular weight excluding hydrogens is 232 g/mol. The molecule has 0 spiro atoms. The molecule has 3 aromatic rings. The van der Waals surface area contributed by atoms with Gasteiger partial charge >= 0.3 is 0 Å². The predicted octanol–water partition coefficient (Wildman–Crippen LogP) is 1.27. The molecule has 6 heteroatoms. The van der Waals surface area contributed by atoms with Crippen LogP contribution in [0.5, 0.6) is 0 Å². The van der Waals surface area contributed by atoms with Crippen LogP contribution in [-0.2, 0) is 0 Å². The van der Waals surface area contributed by atoms with E-state index in [1.54, 1.807) is 18.2 Å². The molecule has 0 bridgehead atoms. The van der Waals surface area contributed by atoms with E-state index in [0.29, 0.717) is 16.5 Å². The van der Waals surface area contributed by atoms with E-state index in [4.69, 9.17) is 4.42 Å². The maximum absolute atomic E-state index is 12.1. The van der Waals surface area contributed by atoms with Crippen molar-refractivity contribution in [1.29, 1.82) is 0 Å². The van der Waals surface area contributed by atoms with Crippen LogP contribution in [0, 0.1) is 0 Å². The molecule has 0 radical (unpaired) electrons. The zero-order chi connectivity index (χ0) is 12.4. The second kappa shape index (κ2) is 4.25. The molecule has 0 N–H and O–H groups in total. The largest absolute Gasteiger partial charge is 0.463 e. The van der Waals surface area contributed by atoms with Crippen LogP contribution in [-0.4, -0.2) is 21.1 Å². The number of aromatic nitrogens is 3. The highest BCUT2D eigenvalue weighted by molar-refractivity contribution is 5.86. The van der Waals surface area contributed by atoms with Crippen molar-refractivity contribution < 1.29 is 4.42 Å². The standard InChI is InChI=1S/C12H8N4O2/c17-12-9(5-15-16-7-13-14-8-16)6-18-11-4-2-1-3-10(11)12/h1-8H. The highest BCUT2D eigenvalue weighted by Crippen LogP contribution is 2.09.